The van der Waals surface area contributed by atoms with Gasteiger partial charge in [-0.3, -0.25) is 4.79 Å². The van der Waals surface area contributed by atoms with Crippen molar-refractivity contribution in [1.29, 1.82) is 0 Å². The molecule has 1 amide bonds. The lowest BCUT2D eigenvalue weighted by Crippen LogP contribution is -2.11. The summed E-state index contributed by atoms with van der Waals surface area (Å²) in [5.74, 6) is 0.951. The largest absolute Gasteiger partial charge is 0.497 e. The molecule has 0 saturated carbocycles. The average molecular weight is 423 g/mol. The van der Waals surface area contributed by atoms with Gasteiger partial charge in [0.1, 0.15) is 11.3 Å². The molecule has 3 aromatic carbocycles. The smallest absolute Gasteiger partial charge is 0.255 e. The molecule has 0 fully saturated rings. The number of methoxy groups -OCH3 is 1. The van der Waals surface area contributed by atoms with Crippen molar-refractivity contribution in [3.63, 3.8) is 0 Å². The molecule has 134 valence electrons. The molecule has 1 aromatic heterocycles. The minimum Gasteiger partial charge on any atom is -0.497 e. The molecule has 1 heterocycles. The average Bonchev–Trinajstić information content (AvgIpc) is 3.12. The molecule has 27 heavy (non-hydrogen) atoms. The monoisotopic (exact) mass is 422 g/mol. The van der Waals surface area contributed by atoms with Crippen LogP contribution in [-0.4, -0.2) is 18.0 Å². The summed E-state index contributed by atoms with van der Waals surface area (Å²) in [6, 6.07) is 20.1. The molecule has 0 unspecified atom stereocenters. The first-order valence-corrected chi connectivity index (χ1v) is 9.03. The molecule has 0 radical (unpaired) electrons. The highest BCUT2D eigenvalue weighted by Crippen LogP contribution is 2.27. The van der Waals surface area contributed by atoms with E-state index < -0.39 is 0 Å². The third-order valence-corrected chi connectivity index (χ3v) is 4.60. The van der Waals surface area contributed by atoms with Crippen LogP contribution in [-0.2, 0) is 0 Å². The van der Waals surface area contributed by atoms with Gasteiger partial charge in [-0.15, -0.1) is 0 Å². The summed E-state index contributed by atoms with van der Waals surface area (Å²) in [6.07, 6.45) is 0. The van der Waals surface area contributed by atoms with Gasteiger partial charge in [0.25, 0.3) is 5.91 Å². The SMILES string of the molecule is COc1cccc(C(=O)Nc2ccc3oc(-c4ccc(Br)cc4)nc3c2)c1. The number of amides is 1. The first-order valence-electron chi connectivity index (χ1n) is 8.24. The predicted molar refractivity (Wildman–Crippen MR) is 108 cm³/mol. The van der Waals surface area contributed by atoms with Crippen molar-refractivity contribution in [3.05, 3.63) is 76.8 Å². The van der Waals surface area contributed by atoms with Crippen LogP contribution < -0.4 is 10.1 Å². The zero-order valence-electron chi connectivity index (χ0n) is 14.4. The fourth-order valence-corrected chi connectivity index (χ4v) is 2.95. The molecule has 5 nitrogen and oxygen atoms in total. The van der Waals surface area contributed by atoms with Crippen LogP contribution >= 0.6 is 15.9 Å². The number of oxazole rings is 1. The van der Waals surface area contributed by atoms with Crippen LogP contribution in [0.3, 0.4) is 0 Å². The third-order valence-electron chi connectivity index (χ3n) is 4.07. The number of carbonyl (C=O) groups excluding carboxylic acids is 1. The van der Waals surface area contributed by atoms with Gasteiger partial charge in [-0.05, 0) is 60.7 Å². The van der Waals surface area contributed by atoms with Gasteiger partial charge in [0.2, 0.25) is 5.89 Å². The van der Waals surface area contributed by atoms with Gasteiger partial charge in [0.15, 0.2) is 5.58 Å². The Morgan fingerprint density at radius 1 is 1.07 bits per heavy atom. The van der Waals surface area contributed by atoms with Crippen LogP contribution in [0.25, 0.3) is 22.6 Å². The van der Waals surface area contributed by atoms with Crippen LogP contribution in [0.1, 0.15) is 10.4 Å². The second kappa shape index (κ2) is 7.25. The lowest BCUT2D eigenvalue weighted by atomic mass is 10.2. The van der Waals surface area contributed by atoms with E-state index in [0.717, 1.165) is 10.0 Å². The molecule has 4 aromatic rings. The second-order valence-electron chi connectivity index (χ2n) is 5.89. The molecule has 0 saturated heterocycles. The molecule has 0 spiro atoms. The number of hydrogen-bond donors (Lipinski definition) is 1. The summed E-state index contributed by atoms with van der Waals surface area (Å²) in [7, 11) is 1.57. The Morgan fingerprint density at radius 2 is 1.89 bits per heavy atom. The van der Waals surface area contributed by atoms with Crippen molar-refractivity contribution < 1.29 is 13.9 Å². The van der Waals surface area contributed by atoms with Crippen molar-refractivity contribution in [2.24, 2.45) is 0 Å². The van der Waals surface area contributed by atoms with Crippen molar-refractivity contribution in [2.75, 3.05) is 12.4 Å². The van der Waals surface area contributed by atoms with E-state index in [0.29, 0.717) is 34.0 Å². The molecule has 4 rings (SSSR count). The zero-order chi connectivity index (χ0) is 18.8. The van der Waals surface area contributed by atoms with Crippen LogP contribution in [0, 0.1) is 0 Å². The van der Waals surface area contributed by atoms with E-state index in [2.05, 4.69) is 26.2 Å². The number of carbonyl (C=O) groups is 1. The lowest BCUT2D eigenvalue weighted by molar-refractivity contribution is 0.102. The molecule has 0 aliphatic rings. The first-order chi connectivity index (χ1) is 13.1. The highest BCUT2D eigenvalue weighted by molar-refractivity contribution is 9.10. The maximum absolute atomic E-state index is 12.5. The fourth-order valence-electron chi connectivity index (χ4n) is 2.69. The van der Waals surface area contributed by atoms with Crippen molar-refractivity contribution in [1.82, 2.24) is 4.98 Å². The van der Waals surface area contributed by atoms with Gasteiger partial charge in [-0.25, -0.2) is 4.98 Å². The number of benzene rings is 3. The normalized spacial score (nSPS) is 10.7. The van der Waals surface area contributed by atoms with E-state index in [1.54, 1.807) is 49.6 Å². The van der Waals surface area contributed by atoms with Gasteiger partial charge in [0, 0.05) is 21.3 Å². The van der Waals surface area contributed by atoms with Gasteiger partial charge < -0.3 is 14.5 Å². The number of anilines is 1. The topological polar surface area (TPSA) is 64.4 Å². The van der Waals surface area contributed by atoms with E-state index in [1.807, 2.05) is 24.3 Å². The molecular weight excluding hydrogens is 408 g/mol. The fraction of sp³-hybridized carbons (Fsp3) is 0.0476. The summed E-state index contributed by atoms with van der Waals surface area (Å²) < 4.78 is 12.0. The summed E-state index contributed by atoms with van der Waals surface area (Å²) >= 11 is 3.41. The van der Waals surface area contributed by atoms with Gasteiger partial charge in [0.05, 0.1) is 7.11 Å². The van der Waals surface area contributed by atoms with Crippen LogP contribution in [0.15, 0.2) is 75.6 Å². The first kappa shape index (κ1) is 17.3. The Kier molecular flexibility index (Phi) is 4.64. The number of ether oxygens (including phenoxy) is 1. The third kappa shape index (κ3) is 3.71. The molecule has 6 heteroatoms. The number of rotatable bonds is 4. The number of aromatic nitrogens is 1. The number of halogens is 1. The summed E-state index contributed by atoms with van der Waals surface area (Å²) in [4.78, 5) is 17.0. The van der Waals surface area contributed by atoms with E-state index >= 15 is 0 Å². The summed E-state index contributed by atoms with van der Waals surface area (Å²) in [5, 5.41) is 2.88. The molecular formula is C21H15BrN2O3. The minimum absolute atomic E-state index is 0.218. The number of fused-ring (bicyclic) bond motifs is 1. The highest BCUT2D eigenvalue weighted by atomic mass is 79.9. The van der Waals surface area contributed by atoms with Gasteiger partial charge >= 0.3 is 0 Å². The summed E-state index contributed by atoms with van der Waals surface area (Å²) in [6.45, 7) is 0. The number of nitrogens with one attached hydrogen (secondary N) is 1. The number of hydrogen-bond acceptors (Lipinski definition) is 4. The molecule has 0 aliphatic carbocycles. The predicted octanol–water partition coefficient (Wildman–Crippen LogP) is 5.52. The molecule has 0 aliphatic heterocycles. The van der Waals surface area contributed by atoms with E-state index in [1.165, 1.54) is 0 Å². The van der Waals surface area contributed by atoms with E-state index in [4.69, 9.17) is 9.15 Å². The van der Waals surface area contributed by atoms with Crippen molar-refractivity contribution in [3.8, 4) is 17.2 Å². The van der Waals surface area contributed by atoms with Gasteiger partial charge in [-0.2, -0.15) is 0 Å². The second-order valence-corrected chi connectivity index (χ2v) is 6.81. The zero-order valence-corrected chi connectivity index (χ0v) is 16.0. The maximum Gasteiger partial charge on any atom is 0.255 e. The highest BCUT2D eigenvalue weighted by Gasteiger charge is 2.11. The van der Waals surface area contributed by atoms with Crippen molar-refractivity contribution >= 4 is 38.6 Å². The quantitative estimate of drug-likeness (QED) is 0.470. The minimum atomic E-state index is -0.218. The van der Waals surface area contributed by atoms with E-state index in [-0.39, 0.29) is 5.91 Å². The Balaban J connectivity index is 1.59. The molecule has 0 bridgehead atoms. The van der Waals surface area contributed by atoms with Crippen molar-refractivity contribution in [2.45, 2.75) is 0 Å². The Labute approximate surface area is 164 Å². The van der Waals surface area contributed by atoms with Gasteiger partial charge in [-0.1, -0.05) is 22.0 Å². The Hall–Kier alpha value is -3.12. The standard InChI is InChI=1S/C21H15BrN2O3/c1-26-17-4-2-3-14(11-17)20(25)23-16-9-10-19-18(12-16)24-21(27-19)13-5-7-15(22)8-6-13/h2-12H,1H3,(H,23,25). The Bertz CT molecular complexity index is 1120. The number of nitrogens with zero attached hydrogens (tertiary/aromatic N) is 1. The van der Waals surface area contributed by atoms with Crippen LogP contribution in [0.2, 0.25) is 0 Å². The maximum atomic E-state index is 12.5. The molecule has 1 N–H and O–H groups in total. The Morgan fingerprint density at radius 3 is 2.67 bits per heavy atom. The van der Waals surface area contributed by atoms with Crippen LogP contribution in [0.5, 0.6) is 5.75 Å². The van der Waals surface area contributed by atoms with Crippen LogP contribution in [0.4, 0.5) is 5.69 Å². The molecule has 0 atom stereocenters. The lowest BCUT2D eigenvalue weighted by Gasteiger charge is -2.06. The van der Waals surface area contributed by atoms with E-state index in [9.17, 15) is 4.79 Å². The summed E-state index contributed by atoms with van der Waals surface area (Å²) in [5.41, 5.74) is 3.39.